The zero-order valence-electron chi connectivity index (χ0n) is 8.97. The van der Waals surface area contributed by atoms with Crippen molar-refractivity contribution in [1.29, 1.82) is 0 Å². The molecule has 0 fully saturated rings. The van der Waals surface area contributed by atoms with Gasteiger partial charge in [-0.1, -0.05) is 12.1 Å². The summed E-state index contributed by atoms with van der Waals surface area (Å²) < 4.78 is 5.66. The van der Waals surface area contributed by atoms with Crippen molar-refractivity contribution in [2.45, 2.75) is 6.42 Å². The van der Waals surface area contributed by atoms with Crippen LogP contribution < -0.4 is 10.5 Å². The minimum Gasteiger partial charge on any atom is -0.456 e. The number of hydrogen-bond donors (Lipinski definition) is 1. The van der Waals surface area contributed by atoms with Gasteiger partial charge in [-0.25, -0.2) is 0 Å². The smallest absolute Gasteiger partial charge is 0.145 e. The highest BCUT2D eigenvalue weighted by molar-refractivity contribution is 5.32. The van der Waals surface area contributed by atoms with Crippen molar-refractivity contribution in [3.05, 3.63) is 54.4 Å². The average molecular weight is 214 g/mol. The molecule has 3 heteroatoms. The summed E-state index contributed by atoms with van der Waals surface area (Å²) in [5.41, 5.74) is 6.70. The van der Waals surface area contributed by atoms with E-state index in [1.807, 2.05) is 36.4 Å². The summed E-state index contributed by atoms with van der Waals surface area (Å²) >= 11 is 0. The highest BCUT2D eigenvalue weighted by Gasteiger charge is 1.98. The Morgan fingerprint density at radius 1 is 1.12 bits per heavy atom. The lowest BCUT2D eigenvalue weighted by atomic mass is 10.1. The Labute approximate surface area is 94.9 Å². The van der Waals surface area contributed by atoms with Gasteiger partial charge in [-0.2, -0.15) is 0 Å². The van der Waals surface area contributed by atoms with Crippen LogP contribution in [0.1, 0.15) is 5.56 Å². The van der Waals surface area contributed by atoms with Crippen molar-refractivity contribution in [2.24, 2.45) is 5.73 Å². The van der Waals surface area contributed by atoms with Gasteiger partial charge in [0, 0.05) is 6.20 Å². The SMILES string of the molecule is NCCc1cccc(Oc2cccnc2)c1. The van der Waals surface area contributed by atoms with Crippen molar-refractivity contribution < 1.29 is 4.74 Å². The molecule has 1 heterocycles. The number of nitrogens with zero attached hydrogens (tertiary/aromatic N) is 1. The molecule has 3 nitrogen and oxygen atoms in total. The van der Waals surface area contributed by atoms with E-state index in [0.717, 1.165) is 17.9 Å². The largest absolute Gasteiger partial charge is 0.456 e. The van der Waals surface area contributed by atoms with E-state index in [1.165, 1.54) is 5.56 Å². The molecule has 0 bridgehead atoms. The van der Waals surface area contributed by atoms with Gasteiger partial charge < -0.3 is 10.5 Å². The van der Waals surface area contributed by atoms with E-state index in [-0.39, 0.29) is 0 Å². The van der Waals surface area contributed by atoms with E-state index in [1.54, 1.807) is 12.4 Å². The van der Waals surface area contributed by atoms with Crippen molar-refractivity contribution >= 4 is 0 Å². The maximum absolute atomic E-state index is 5.66. The lowest BCUT2D eigenvalue weighted by molar-refractivity contribution is 0.479. The molecular formula is C13H14N2O. The highest BCUT2D eigenvalue weighted by atomic mass is 16.5. The monoisotopic (exact) mass is 214 g/mol. The molecule has 0 atom stereocenters. The second-order valence-electron chi connectivity index (χ2n) is 3.48. The van der Waals surface area contributed by atoms with Gasteiger partial charge in [0.25, 0.3) is 0 Å². The van der Waals surface area contributed by atoms with E-state index >= 15 is 0 Å². The van der Waals surface area contributed by atoms with Gasteiger partial charge in [-0.05, 0) is 42.8 Å². The first-order valence-electron chi connectivity index (χ1n) is 5.25. The summed E-state index contributed by atoms with van der Waals surface area (Å²) in [4.78, 5) is 3.99. The fourth-order valence-corrected chi connectivity index (χ4v) is 1.47. The molecule has 16 heavy (non-hydrogen) atoms. The van der Waals surface area contributed by atoms with Crippen molar-refractivity contribution in [3.8, 4) is 11.5 Å². The minimum absolute atomic E-state index is 0.649. The molecule has 0 unspecified atom stereocenters. The third kappa shape index (κ3) is 2.81. The molecular weight excluding hydrogens is 200 g/mol. The van der Waals surface area contributed by atoms with Gasteiger partial charge in [0.1, 0.15) is 11.5 Å². The summed E-state index contributed by atoms with van der Waals surface area (Å²) in [6, 6.07) is 11.7. The first kappa shape index (κ1) is 10.6. The molecule has 0 spiro atoms. The minimum atomic E-state index is 0.649. The Morgan fingerprint density at radius 3 is 2.75 bits per heavy atom. The van der Waals surface area contributed by atoms with Crippen molar-refractivity contribution in [2.75, 3.05) is 6.54 Å². The maximum atomic E-state index is 5.66. The number of hydrogen-bond acceptors (Lipinski definition) is 3. The Kier molecular flexibility index (Phi) is 3.51. The molecule has 1 aromatic carbocycles. The van der Waals surface area contributed by atoms with Crippen molar-refractivity contribution in [3.63, 3.8) is 0 Å². The Morgan fingerprint density at radius 2 is 2.00 bits per heavy atom. The summed E-state index contributed by atoms with van der Waals surface area (Å²) in [5, 5.41) is 0. The van der Waals surface area contributed by atoms with Gasteiger partial charge in [0.15, 0.2) is 0 Å². The molecule has 2 N–H and O–H groups in total. The normalized spacial score (nSPS) is 10.1. The van der Waals surface area contributed by atoms with E-state index in [9.17, 15) is 0 Å². The standard InChI is InChI=1S/C13H14N2O/c14-7-6-11-3-1-4-12(9-11)16-13-5-2-8-15-10-13/h1-5,8-10H,6-7,14H2. The highest BCUT2D eigenvalue weighted by Crippen LogP contribution is 2.21. The summed E-state index contributed by atoms with van der Waals surface area (Å²) in [7, 11) is 0. The molecule has 0 amide bonds. The van der Waals surface area contributed by atoms with Gasteiger partial charge >= 0.3 is 0 Å². The first-order valence-corrected chi connectivity index (χ1v) is 5.25. The molecule has 2 aromatic rings. The van der Waals surface area contributed by atoms with Crippen LogP contribution in [0, 0.1) is 0 Å². The third-order valence-electron chi connectivity index (χ3n) is 2.20. The van der Waals surface area contributed by atoms with Crippen LogP contribution in [0.3, 0.4) is 0 Å². The summed E-state index contributed by atoms with van der Waals surface area (Å²) in [6.07, 6.45) is 4.28. The summed E-state index contributed by atoms with van der Waals surface area (Å²) in [5.74, 6) is 1.56. The molecule has 2 rings (SSSR count). The molecule has 0 radical (unpaired) electrons. The van der Waals surface area contributed by atoms with Crippen LogP contribution in [0.5, 0.6) is 11.5 Å². The molecule has 82 valence electrons. The molecule has 0 saturated heterocycles. The van der Waals surface area contributed by atoms with Gasteiger partial charge in [0.2, 0.25) is 0 Å². The number of ether oxygens (including phenoxy) is 1. The van der Waals surface area contributed by atoms with E-state index in [4.69, 9.17) is 10.5 Å². The number of nitrogens with two attached hydrogens (primary N) is 1. The lowest BCUT2D eigenvalue weighted by Crippen LogP contribution is -2.02. The van der Waals surface area contributed by atoms with Crippen LogP contribution in [0.4, 0.5) is 0 Å². The lowest BCUT2D eigenvalue weighted by Gasteiger charge is -2.06. The maximum Gasteiger partial charge on any atom is 0.145 e. The fourth-order valence-electron chi connectivity index (χ4n) is 1.47. The van der Waals surface area contributed by atoms with Gasteiger partial charge in [-0.15, -0.1) is 0 Å². The Hall–Kier alpha value is -1.87. The summed E-state index contributed by atoms with van der Waals surface area (Å²) in [6.45, 7) is 0.649. The quantitative estimate of drug-likeness (QED) is 0.850. The van der Waals surface area contributed by atoms with Crippen LogP contribution in [0.15, 0.2) is 48.8 Å². The van der Waals surface area contributed by atoms with Crippen molar-refractivity contribution in [1.82, 2.24) is 4.98 Å². The average Bonchev–Trinajstić information content (AvgIpc) is 2.31. The second-order valence-corrected chi connectivity index (χ2v) is 3.48. The molecule has 0 aliphatic carbocycles. The van der Waals surface area contributed by atoms with Crippen LogP contribution >= 0.6 is 0 Å². The zero-order chi connectivity index (χ0) is 11.2. The van der Waals surface area contributed by atoms with E-state index in [0.29, 0.717) is 6.54 Å². The zero-order valence-corrected chi connectivity index (χ0v) is 8.97. The first-order chi connectivity index (χ1) is 7.88. The van der Waals surface area contributed by atoms with Crippen LogP contribution in [-0.2, 0) is 6.42 Å². The molecule has 1 aromatic heterocycles. The number of pyridine rings is 1. The van der Waals surface area contributed by atoms with Gasteiger partial charge in [-0.3, -0.25) is 4.98 Å². The third-order valence-corrected chi connectivity index (χ3v) is 2.20. The fraction of sp³-hybridized carbons (Fsp3) is 0.154. The molecule has 0 aliphatic rings. The Bertz CT molecular complexity index is 443. The van der Waals surface area contributed by atoms with Crippen LogP contribution in [0.25, 0.3) is 0 Å². The number of benzene rings is 1. The predicted molar refractivity (Wildman–Crippen MR) is 63.5 cm³/mol. The number of rotatable bonds is 4. The Balaban J connectivity index is 2.12. The van der Waals surface area contributed by atoms with Crippen LogP contribution in [-0.4, -0.2) is 11.5 Å². The van der Waals surface area contributed by atoms with Crippen LogP contribution in [0.2, 0.25) is 0 Å². The molecule has 0 aliphatic heterocycles. The predicted octanol–water partition coefficient (Wildman–Crippen LogP) is 2.38. The van der Waals surface area contributed by atoms with E-state index in [2.05, 4.69) is 4.98 Å². The van der Waals surface area contributed by atoms with Gasteiger partial charge in [0.05, 0.1) is 6.20 Å². The van der Waals surface area contributed by atoms with E-state index < -0.39 is 0 Å². The second kappa shape index (κ2) is 5.28. The number of aromatic nitrogens is 1. The molecule has 0 saturated carbocycles. The topological polar surface area (TPSA) is 48.1 Å².